The fraction of sp³-hybridized carbons (Fsp3) is 0. The number of nitriles is 1. The van der Waals surface area contributed by atoms with E-state index < -0.39 is 0 Å². The van der Waals surface area contributed by atoms with Crippen molar-refractivity contribution < 1.29 is 0 Å². The summed E-state index contributed by atoms with van der Waals surface area (Å²) in [7, 11) is 0. The Balaban J connectivity index is 1.33. The molecule has 0 spiro atoms. The number of hydrogen-bond acceptors (Lipinski definition) is 2. The molecule has 0 unspecified atom stereocenters. The minimum atomic E-state index is 0.678. The molecular formula is C37H21N3S. The predicted octanol–water partition coefficient (Wildman–Crippen LogP) is 10.1. The molecule has 9 rings (SSSR count). The van der Waals surface area contributed by atoms with Gasteiger partial charge in [0.1, 0.15) is 0 Å². The van der Waals surface area contributed by atoms with Crippen LogP contribution < -0.4 is 0 Å². The first-order valence-electron chi connectivity index (χ1n) is 13.7. The van der Waals surface area contributed by atoms with Gasteiger partial charge in [-0.15, -0.1) is 11.3 Å². The van der Waals surface area contributed by atoms with Gasteiger partial charge in [0, 0.05) is 42.7 Å². The van der Waals surface area contributed by atoms with Crippen LogP contribution in [0.1, 0.15) is 5.56 Å². The third-order valence-electron chi connectivity index (χ3n) is 8.34. The van der Waals surface area contributed by atoms with E-state index in [1.54, 1.807) is 0 Å². The molecule has 3 aromatic heterocycles. The molecule has 0 fully saturated rings. The maximum atomic E-state index is 9.54. The summed E-state index contributed by atoms with van der Waals surface area (Å²) in [5.74, 6) is 0. The van der Waals surface area contributed by atoms with Gasteiger partial charge < -0.3 is 9.13 Å². The maximum absolute atomic E-state index is 9.54. The van der Waals surface area contributed by atoms with Crippen LogP contribution in [-0.4, -0.2) is 9.13 Å². The Kier molecular flexibility index (Phi) is 4.55. The molecule has 0 aliphatic rings. The fourth-order valence-corrected chi connectivity index (χ4v) is 7.78. The summed E-state index contributed by atoms with van der Waals surface area (Å²) in [5.41, 5.74) is 7.71. The van der Waals surface area contributed by atoms with Gasteiger partial charge >= 0.3 is 0 Å². The van der Waals surface area contributed by atoms with Gasteiger partial charge in [-0.3, -0.25) is 0 Å². The zero-order chi connectivity index (χ0) is 27.1. The van der Waals surface area contributed by atoms with Crippen molar-refractivity contribution in [2.24, 2.45) is 0 Å². The Bertz CT molecular complexity index is 2500. The number of rotatable bonds is 2. The number of hydrogen-bond donors (Lipinski definition) is 0. The minimum Gasteiger partial charge on any atom is -0.309 e. The number of nitrogens with zero attached hydrogens (tertiary/aromatic N) is 3. The SMILES string of the molecule is N#Cc1ccc2c(c1)c1ccccc1n2-c1ccc2sc3c(-n4c5ccccc5c5ccccc54)cccc3c2c1. The number of aromatic nitrogens is 2. The molecule has 0 saturated heterocycles. The standard InChI is InChI=1S/C37H21N3S/c38-22-23-16-18-34-29(20-23)27-10-3-4-12-31(27)39(34)24-17-19-36-30(21-24)28-11-7-15-35(37(28)41-36)40-32-13-5-1-8-25(32)26-9-2-6-14-33(26)40/h1-21H. The Labute approximate surface area is 239 Å². The maximum Gasteiger partial charge on any atom is 0.0991 e. The van der Waals surface area contributed by atoms with Crippen molar-refractivity contribution in [2.75, 3.05) is 0 Å². The lowest BCUT2D eigenvalue weighted by atomic mass is 10.1. The average molecular weight is 540 g/mol. The number of para-hydroxylation sites is 3. The van der Waals surface area contributed by atoms with Crippen LogP contribution in [0, 0.1) is 11.3 Å². The first-order valence-corrected chi connectivity index (χ1v) is 14.5. The molecule has 0 radical (unpaired) electrons. The molecule has 190 valence electrons. The van der Waals surface area contributed by atoms with Crippen molar-refractivity contribution in [2.45, 2.75) is 0 Å². The van der Waals surface area contributed by atoms with Gasteiger partial charge in [0.2, 0.25) is 0 Å². The van der Waals surface area contributed by atoms with Crippen molar-refractivity contribution in [1.82, 2.24) is 9.13 Å². The molecule has 41 heavy (non-hydrogen) atoms. The zero-order valence-corrected chi connectivity index (χ0v) is 22.7. The van der Waals surface area contributed by atoms with Crippen LogP contribution in [-0.2, 0) is 0 Å². The summed E-state index contributed by atoms with van der Waals surface area (Å²) >= 11 is 1.86. The summed E-state index contributed by atoms with van der Waals surface area (Å²) in [6, 6.07) is 47.6. The Morgan fingerprint density at radius 1 is 0.488 bits per heavy atom. The van der Waals surface area contributed by atoms with Gasteiger partial charge in [-0.1, -0.05) is 66.7 Å². The molecule has 9 aromatic rings. The normalized spacial score (nSPS) is 11.9. The summed E-state index contributed by atoms with van der Waals surface area (Å²) in [6.45, 7) is 0. The lowest BCUT2D eigenvalue weighted by Gasteiger charge is -2.09. The Morgan fingerprint density at radius 2 is 1.10 bits per heavy atom. The smallest absolute Gasteiger partial charge is 0.0991 e. The Morgan fingerprint density at radius 3 is 1.80 bits per heavy atom. The first kappa shape index (κ1) is 22.4. The van der Waals surface area contributed by atoms with E-state index in [1.807, 2.05) is 23.5 Å². The second-order valence-electron chi connectivity index (χ2n) is 10.5. The molecule has 0 aliphatic carbocycles. The van der Waals surface area contributed by atoms with Crippen molar-refractivity contribution in [3.05, 3.63) is 133 Å². The second kappa shape index (κ2) is 8.32. The van der Waals surface area contributed by atoms with Crippen molar-refractivity contribution in [1.29, 1.82) is 5.26 Å². The van der Waals surface area contributed by atoms with E-state index in [1.165, 1.54) is 47.7 Å². The molecule has 0 atom stereocenters. The summed E-state index contributed by atoms with van der Waals surface area (Å²) < 4.78 is 7.30. The van der Waals surface area contributed by atoms with Crippen LogP contribution in [0.2, 0.25) is 0 Å². The highest BCUT2D eigenvalue weighted by molar-refractivity contribution is 7.26. The van der Waals surface area contributed by atoms with E-state index in [0.29, 0.717) is 5.56 Å². The van der Waals surface area contributed by atoms with Crippen molar-refractivity contribution in [3.8, 4) is 17.4 Å². The number of benzene rings is 6. The van der Waals surface area contributed by atoms with Gasteiger partial charge in [0.15, 0.2) is 0 Å². The monoisotopic (exact) mass is 539 g/mol. The van der Waals surface area contributed by atoms with E-state index in [9.17, 15) is 5.26 Å². The highest BCUT2D eigenvalue weighted by Crippen LogP contribution is 2.42. The van der Waals surface area contributed by atoms with Gasteiger partial charge in [-0.25, -0.2) is 0 Å². The molecule has 3 nitrogen and oxygen atoms in total. The lowest BCUT2D eigenvalue weighted by Crippen LogP contribution is -1.94. The van der Waals surface area contributed by atoms with E-state index in [4.69, 9.17) is 0 Å². The van der Waals surface area contributed by atoms with Crippen LogP contribution in [0.4, 0.5) is 0 Å². The van der Waals surface area contributed by atoms with Crippen molar-refractivity contribution >= 4 is 75.1 Å². The second-order valence-corrected chi connectivity index (χ2v) is 11.6. The zero-order valence-electron chi connectivity index (χ0n) is 21.9. The van der Waals surface area contributed by atoms with Crippen LogP contribution in [0.3, 0.4) is 0 Å². The molecule has 6 aromatic carbocycles. The molecule has 0 saturated carbocycles. The van der Waals surface area contributed by atoms with Gasteiger partial charge in [0.25, 0.3) is 0 Å². The van der Waals surface area contributed by atoms with Gasteiger partial charge in [0.05, 0.1) is 44.1 Å². The van der Waals surface area contributed by atoms with Crippen LogP contribution in [0.25, 0.3) is 75.2 Å². The van der Waals surface area contributed by atoms with Crippen LogP contribution in [0.5, 0.6) is 0 Å². The third kappa shape index (κ3) is 3.07. The van der Waals surface area contributed by atoms with E-state index in [2.05, 4.69) is 130 Å². The van der Waals surface area contributed by atoms with E-state index >= 15 is 0 Å². The molecule has 4 heteroatoms. The molecule has 0 aliphatic heterocycles. The van der Waals surface area contributed by atoms with E-state index in [-0.39, 0.29) is 0 Å². The number of fused-ring (bicyclic) bond motifs is 9. The minimum absolute atomic E-state index is 0.678. The molecular weight excluding hydrogens is 518 g/mol. The largest absolute Gasteiger partial charge is 0.309 e. The van der Waals surface area contributed by atoms with E-state index in [0.717, 1.165) is 27.5 Å². The van der Waals surface area contributed by atoms with Gasteiger partial charge in [-0.2, -0.15) is 5.26 Å². The van der Waals surface area contributed by atoms with Crippen LogP contribution >= 0.6 is 11.3 Å². The molecule has 0 amide bonds. The summed E-state index contributed by atoms with van der Waals surface area (Å²) in [6.07, 6.45) is 0. The van der Waals surface area contributed by atoms with Crippen LogP contribution in [0.15, 0.2) is 127 Å². The first-order chi connectivity index (χ1) is 20.3. The fourth-order valence-electron chi connectivity index (χ4n) is 6.59. The number of thiophene rings is 1. The highest BCUT2D eigenvalue weighted by atomic mass is 32.1. The highest BCUT2D eigenvalue weighted by Gasteiger charge is 2.18. The molecule has 0 N–H and O–H groups in total. The van der Waals surface area contributed by atoms with Crippen molar-refractivity contribution in [3.63, 3.8) is 0 Å². The lowest BCUT2D eigenvalue weighted by molar-refractivity contribution is 1.19. The Hall–Kier alpha value is -5.37. The molecule has 3 heterocycles. The van der Waals surface area contributed by atoms with Gasteiger partial charge in [-0.05, 0) is 60.7 Å². The topological polar surface area (TPSA) is 33.6 Å². The average Bonchev–Trinajstić information content (AvgIpc) is 3.68. The summed E-state index contributed by atoms with van der Waals surface area (Å²) in [4.78, 5) is 0. The quantitative estimate of drug-likeness (QED) is 0.215. The summed E-state index contributed by atoms with van der Waals surface area (Å²) in [5, 5.41) is 16.9. The third-order valence-corrected chi connectivity index (χ3v) is 9.55. The predicted molar refractivity (Wildman–Crippen MR) is 173 cm³/mol. The molecule has 0 bridgehead atoms.